The summed E-state index contributed by atoms with van der Waals surface area (Å²) in [5, 5.41) is 1.45. The highest BCUT2D eigenvalue weighted by Gasteiger charge is 2.50. The Morgan fingerprint density at radius 1 is 0.427 bits per heavy atom. The van der Waals surface area contributed by atoms with Crippen molar-refractivity contribution >= 4 is 78.0 Å². The van der Waals surface area contributed by atoms with Crippen LogP contribution in [0.1, 0.15) is 256 Å². The van der Waals surface area contributed by atoms with E-state index in [4.69, 9.17) is 0 Å². The van der Waals surface area contributed by atoms with E-state index in [2.05, 4.69) is 206 Å². The van der Waals surface area contributed by atoms with Crippen LogP contribution in [0.15, 0.2) is 66.7 Å². The summed E-state index contributed by atoms with van der Waals surface area (Å²) in [5.41, 5.74) is 27.5. The molecule has 7 aliphatic rings. The predicted octanol–water partition coefficient (Wildman–Crippen LogP) is 18.7. The lowest BCUT2D eigenvalue weighted by atomic mass is 9.35. The third-order valence-electron chi connectivity index (χ3n) is 22.2. The maximum absolute atomic E-state index is 2.86. The van der Waals surface area contributed by atoms with Gasteiger partial charge in [-0.15, -0.1) is 11.3 Å². The highest BCUT2D eigenvalue weighted by molar-refractivity contribution is 7.33. The minimum Gasteiger partial charge on any atom is -0.311 e. The minimum atomic E-state index is 0.0669. The van der Waals surface area contributed by atoms with E-state index in [1.165, 1.54) is 160 Å². The third-order valence-corrected chi connectivity index (χ3v) is 23.4. The molecular formula is C71H89BN2S. The zero-order chi connectivity index (χ0) is 53.1. The number of nitrogens with zero attached hydrogens (tertiary/aromatic N) is 2. The summed E-state index contributed by atoms with van der Waals surface area (Å²) in [6.07, 6.45) is 16.2. The van der Waals surface area contributed by atoms with Crippen molar-refractivity contribution in [3.8, 4) is 0 Å². The van der Waals surface area contributed by atoms with Crippen LogP contribution in [0.25, 0.3) is 10.1 Å². The van der Waals surface area contributed by atoms with Crippen molar-refractivity contribution in [3.05, 3.63) is 122 Å². The van der Waals surface area contributed by atoms with Crippen molar-refractivity contribution in [2.24, 2.45) is 0 Å². The van der Waals surface area contributed by atoms with Crippen molar-refractivity contribution in [1.82, 2.24) is 0 Å². The number of hydrogen-bond donors (Lipinski definition) is 0. The van der Waals surface area contributed by atoms with Crippen LogP contribution in [0.3, 0.4) is 0 Å². The lowest BCUT2D eigenvalue weighted by Gasteiger charge is -2.48. The van der Waals surface area contributed by atoms with Gasteiger partial charge in [-0.3, -0.25) is 0 Å². The maximum atomic E-state index is 2.86. The fraction of sp³-hybridized carbons (Fsp3) is 0.549. The number of benzene rings is 5. The third kappa shape index (κ3) is 7.34. The van der Waals surface area contributed by atoms with E-state index in [0.29, 0.717) is 5.92 Å². The van der Waals surface area contributed by atoms with Gasteiger partial charge in [0, 0.05) is 43.3 Å². The molecule has 3 heterocycles. The van der Waals surface area contributed by atoms with Gasteiger partial charge < -0.3 is 9.80 Å². The molecule has 0 saturated heterocycles. The van der Waals surface area contributed by atoms with Crippen molar-refractivity contribution < 1.29 is 0 Å². The van der Waals surface area contributed by atoms with Gasteiger partial charge in [0.1, 0.15) is 0 Å². The Morgan fingerprint density at radius 3 is 1.41 bits per heavy atom. The summed E-state index contributed by atoms with van der Waals surface area (Å²) in [4.78, 5) is 5.72. The van der Waals surface area contributed by atoms with Crippen molar-refractivity contribution in [2.75, 3.05) is 9.80 Å². The van der Waals surface area contributed by atoms with Crippen molar-refractivity contribution in [2.45, 2.75) is 250 Å². The molecule has 2 aliphatic heterocycles. The molecule has 0 spiro atoms. The molecule has 0 N–H and O–H groups in total. The normalized spacial score (nSPS) is 23.6. The van der Waals surface area contributed by atoms with Crippen LogP contribution >= 0.6 is 11.3 Å². The molecule has 1 aromatic heterocycles. The molecule has 1 fully saturated rings. The van der Waals surface area contributed by atoms with E-state index >= 15 is 0 Å². The Morgan fingerprint density at radius 2 is 0.867 bits per heavy atom. The fourth-order valence-corrected chi connectivity index (χ4v) is 17.8. The summed E-state index contributed by atoms with van der Waals surface area (Å²) in [5.74, 6) is 0.537. The average Bonchev–Trinajstić information content (AvgIpc) is 3.73. The van der Waals surface area contributed by atoms with Gasteiger partial charge in [0.15, 0.2) is 0 Å². The molecule has 0 bridgehead atoms. The zero-order valence-electron chi connectivity index (χ0n) is 49.5. The van der Waals surface area contributed by atoms with E-state index in [-0.39, 0.29) is 50.0 Å². The second kappa shape index (κ2) is 15.9. The average molecular weight is 1010 g/mol. The molecule has 75 heavy (non-hydrogen) atoms. The lowest BCUT2D eigenvalue weighted by Crippen LogP contribution is -2.61. The molecule has 0 unspecified atom stereocenters. The minimum absolute atomic E-state index is 0.0669. The first-order valence-electron chi connectivity index (χ1n) is 29.9. The van der Waals surface area contributed by atoms with Crippen LogP contribution < -0.4 is 25.5 Å². The summed E-state index contributed by atoms with van der Waals surface area (Å²) >= 11 is 2.13. The van der Waals surface area contributed by atoms with E-state index in [0.717, 1.165) is 0 Å². The lowest BCUT2D eigenvalue weighted by molar-refractivity contribution is 0.331. The molecule has 5 aromatic carbocycles. The Kier molecular flexibility index (Phi) is 10.7. The van der Waals surface area contributed by atoms with Crippen molar-refractivity contribution in [1.29, 1.82) is 0 Å². The summed E-state index contributed by atoms with van der Waals surface area (Å²) in [6.45, 7) is 42.8. The summed E-state index contributed by atoms with van der Waals surface area (Å²) < 4.78 is 2.98. The van der Waals surface area contributed by atoms with Crippen LogP contribution in [0.5, 0.6) is 0 Å². The smallest absolute Gasteiger partial charge is 0.264 e. The molecule has 5 aliphatic carbocycles. The number of anilines is 6. The molecular weight excluding hydrogens is 924 g/mol. The van der Waals surface area contributed by atoms with Gasteiger partial charge in [-0.1, -0.05) is 148 Å². The largest absolute Gasteiger partial charge is 0.311 e. The molecule has 0 radical (unpaired) electrons. The first-order chi connectivity index (χ1) is 35.0. The molecule has 0 atom stereocenters. The van der Waals surface area contributed by atoms with E-state index in [1.807, 2.05) is 0 Å². The second-order valence-electron chi connectivity index (χ2n) is 31.1. The van der Waals surface area contributed by atoms with E-state index < -0.39 is 0 Å². The number of hydrogen-bond acceptors (Lipinski definition) is 3. The van der Waals surface area contributed by atoms with Gasteiger partial charge in [-0.25, -0.2) is 0 Å². The molecule has 0 amide bonds. The van der Waals surface area contributed by atoms with Gasteiger partial charge >= 0.3 is 0 Å². The number of aryl methyl sites for hydroxylation is 1. The fourth-order valence-electron chi connectivity index (χ4n) is 16.5. The number of rotatable bonds is 3. The molecule has 6 aromatic rings. The first-order valence-corrected chi connectivity index (χ1v) is 30.7. The van der Waals surface area contributed by atoms with Crippen LogP contribution in [0.4, 0.5) is 34.1 Å². The van der Waals surface area contributed by atoms with Crippen LogP contribution in [-0.4, -0.2) is 6.71 Å². The summed E-state index contributed by atoms with van der Waals surface area (Å²) in [7, 11) is 0. The highest BCUT2D eigenvalue weighted by atomic mass is 32.1. The summed E-state index contributed by atoms with van der Waals surface area (Å²) in [6, 6.07) is 29.6. The van der Waals surface area contributed by atoms with Gasteiger partial charge in [-0.05, 0) is 235 Å². The van der Waals surface area contributed by atoms with E-state index in [9.17, 15) is 0 Å². The SMILES string of the molecule is Cc1cc2c(cc1N1c3cc4c(cc3B3c5sc6cc7c(cc6c5N(c5ccc6c(c5)C(C)(C)CCC6(C)C)c5cc(C6CCCCC6)cc1c53)C(C)(C)CCC7(C)C)C(C)(C)CCC4(C)C)C(C)(C)CCC2(C)C. The quantitative estimate of drug-likeness (QED) is 0.163. The molecule has 392 valence electrons. The highest BCUT2D eigenvalue weighted by Crippen LogP contribution is 2.57. The Balaban J connectivity index is 1.19. The van der Waals surface area contributed by atoms with Crippen LogP contribution in [0, 0.1) is 6.92 Å². The molecule has 13 rings (SSSR count). The van der Waals surface area contributed by atoms with E-state index in [1.54, 1.807) is 38.9 Å². The van der Waals surface area contributed by atoms with Crippen molar-refractivity contribution in [3.63, 3.8) is 0 Å². The maximum Gasteiger partial charge on any atom is 0.264 e. The predicted molar refractivity (Wildman–Crippen MR) is 328 cm³/mol. The van der Waals surface area contributed by atoms with Crippen LogP contribution in [-0.2, 0) is 43.3 Å². The zero-order valence-corrected chi connectivity index (χ0v) is 50.3. The Bertz CT molecular complexity index is 3410. The van der Waals surface area contributed by atoms with Crippen LogP contribution in [0.2, 0.25) is 0 Å². The molecule has 4 heteroatoms. The Labute approximate surface area is 458 Å². The van der Waals surface area contributed by atoms with Gasteiger partial charge in [0.05, 0.1) is 5.69 Å². The molecule has 2 nitrogen and oxygen atoms in total. The number of thiophene rings is 1. The van der Waals surface area contributed by atoms with Gasteiger partial charge in [0.2, 0.25) is 0 Å². The van der Waals surface area contributed by atoms with Gasteiger partial charge in [0.25, 0.3) is 6.71 Å². The molecule has 1 saturated carbocycles. The van der Waals surface area contributed by atoms with Gasteiger partial charge in [-0.2, -0.15) is 0 Å². The monoisotopic (exact) mass is 1010 g/mol. The second-order valence-corrected chi connectivity index (χ2v) is 32.1. The standard InChI is InChI=1S/C71H89BN2S/c1-42-33-48-52(69(12,13)30-27-65(48,4)5)39-56(42)74-57-40-53-51(68(10,11)29-31-70(53,14)15)38-55(57)72-61-58(34-44(35-59(61)74)43-21-19-18-20-22-43)73(45-23-24-47-49(36-45)66(6,7)26-25-64(47,2)3)62-46-37-50-54(41-60(46)75-63(62)72)71(16,17)32-28-67(50,8)9/h23-24,33-41,43H,18-22,25-32H2,1-17H3. The number of fused-ring (bicyclic) bond motifs is 10. The Hall–Kier alpha value is -4.28. The first kappa shape index (κ1) is 50.2. The topological polar surface area (TPSA) is 6.48 Å².